The average Bonchev–Trinajstić information content (AvgIpc) is 2.73. The lowest BCUT2D eigenvalue weighted by molar-refractivity contribution is -0.157. The number of sulfonamides is 1. The van der Waals surface area contributed by atoms with Gasteiger partial charge in [0.2, 0.25) is 0 Å². The number of aryl methyl sites for hydroxylation is 1. The SMILES string of the molecule is COc1ccc(S(=O)(=O)Nc2ccc(C)c(C[C@H](NC(=O)OC(C)(C)C)C(=O)OC(C)(C)C)c2)cc1. The van der Waals surface area contributed by atoms with Crippen LogP contribution in [-0.2, 0) is 30.7 Å². The van der Waals surface area contributed by atoms with Gasteiger partial charge in [-0.25, -0.2) is 18.0 Å². The maximum atomic E-state index is 12.9. The fraction of sp³-hybridized carbons (Fsp3) is 0.462. The summed E-state index contributed by atoms with van der Waals surface area (Å²) in [5.41, 5.74) is 0.249. The topological polar surface area (TPSA) is 120 Å². The molecule has 2 rings (SSSR count). The zero-order chi connectivity index (χ0) is 27.3. The fourth-order valence-electron chi connectivity index (χ4n) is 3.16. The van der Waals surface area contributed by atoms with E-state index in [1.807, 2.05) is 6.92 Å². The maximum Gasteiger partial charge on any atom is 0.408 e. The van der Waals surface area contributed by atoms with E-state index >= 15 is 0 Å². The van der Waals surface area contributed by atoms with Crippen LogP contribution in [-0.4, -0.2) is 44.8 Å². The van der Waals surface area contributed by atoms with Gasteiger partial charge in [-0.15, -0.1) is 0 Å². The summed E-state index contributed by atoms with van der Waals surface area (Å²) in [6.45, 7) is 12.2. The molecule has 9 nitrogen and oxygen atoms in total. The van der Waals surface area contributed by atoms with Crippen molar-refractivity contribution in [2.24, 2.45) is 0 Å². The Morgan fingerprint density at radius 3 is 2.03 bits per heavy atom. The second kappa shape index (κ2) is 11.2. The minimum Gasteiger partial charge on any atom is -0.497 e. The molecule has 10 heteroatoms. The maximum absolute atomic E-state index is 12.9. The number of carbonyl (C=O) groups excluding carboxylic acids is 2. The van der Waals surface area contributed by atoms with E-state index in [0.717, 1.165) is 5.56 Å². The van der Waals surface area contributed by atoms with Crippen LogP contribution >= 0.6 is 0 Å². The number of anilines is 1. The zero-order valence-electron chi connectivity index (χ0n) is 22.1. The number of hydrogen-bond acceptors (Lipinski definition) is 7. The molecular formula is C26H36N2O7S. The summed E-state index contributed by atoms with van der Waals surface area (Å²) in [5.74, 6) is -0.0887. The molecule has 0 radical (unpaired) electrons. The molecule has 0 saturated heterocycles. The number of nitrogens with one attached hydrogen (secondary N) is 2. The van der Waals surface area contributed by atoms with Crippen molar-refractivity contribution in [2.45, 2.75) is 77.0 Å². The highest BCUT2D eigenvalue weighted by Crippen LogP contribution is 2.23. The highest BCUT2D eigenvalue weighted by molar-refractivity contribution is 7.92. The summed E-state index contributed by atoms with van der Waals surface area (Å²) >= 11 is 0. The molecule has 0 bridgehead atoms. The molecular weight excluding hydrogens is 484 g/mol. The zero-order valence-corrected chi connectivity index (χ0v) is 22.9. The van der Waals surface area contributed by atoms with Crippen LogP contribution in [0.25, 0.3) is 0 Å². The molecule has 1 amide bonds. The second-order valence-electron chi connectivity index (χ2n) is 10.4. The van der Waals surface area contributed by atoms with E-state index < -0.39 is 39.3 Å². The van der Waals surface area contributed by atoms with Crippen molar-refractivity contribution in [1.82, 2.24) is 5.32 Å². The van der Waals surface area contributed by atoms with Gasteiger partial charge in [0, 0.05) is 12.1 Å². The van der Waals surface area contributed by atoms with Gasteiger partial charge >= 0.3 is 12.1 Å². The van der Waals surface area contributed by atoms with Gasteiger partial charge in [-0.1, -0.05) is 6.07 Å². The molecule has 0 aliphatic carbocycles. The summed E-state index contributed by atoms with van der Waals surface area (Å²) in [4.78, 5) is 25.4. The second-order valence-corrected chi connectivity index (χ2v) is 12.0. The Balaban J connectivity index is 2.30. The van der Waals surface area contributed by atoms with Crippen molar-refractivity contribution >= 4 is 27.8 Å². The van der Waals surface area contributed by atoms with Crippen molar-refractivity contribution in [1.29, 1.82) is 0 Å². The number of benzene rings is 2. The molecule has 0 fully saturated rings. The lowest BCUT2D eigenvalue weighted by atomic mass is 10.00. The van der Waals surface area contributed by atoms with Crippen molar-refractivity contribution in [2.75, 3.05) is 11.8 Å². The van der Waals surface area contributed by atoms with Crippen LogP contribution in [0.5, 0.6) is 5.75 Å². The summed E-state index contributed by atoms with van der Waals surface area (Å²) in [7, 11) is -2.37. The van der Waals surface area contributed by atoms with Crippen LogP contribution in [0.15, 0.2) is 47.4 Å². The number of esters is 1. The monoisotopic (exact) mass is 520 g/mol. The minimum absolute atomic E-state index is 0.0676. The minimum atomic E-state index is -3.86. The quantitative estimate of drug-likeness (QED) is 0.489. The van der Waals surface area contributed by atoms with Crippen LogP contribution in [0, 0.1) is 6.92 Å². The highest BCUT2D eigenvalue weighted by atomic mass is 32.2. The van der Waals surface area contributed by atoms with E-state index in [-0.39, 0.29) is 11.3 Å². The Morgan fingerprint density at radius 1 is 0.917 bits per heavy atom. The molecule has 2 aromatic carbocycles. The molecule has 0 spiro atoms. The fourth-order valence-corrected chi connectivity index (χ4v) is 4.21. The van der Waals surface area contributed by atoms with E-state index in [4.69, 9.17) is 14.2 Å². The number of methoxy groups -OCH3 is 1. The predicted octanol–water partition coefficient (Wildman–Crippen LogP) is 4.58. The lowest BCUT2D eigenvalue weighted by Crippen LogP contribution is -2.47. The summed E-state index contributed by atoms with van der Waals surface area (Å²) in [6, 6.07) is 9.95. The number of ether oxygens (including phenoxy) is 3. The molecule has 0 aromatic heterocycles. The van der Waals surface area contributed by atoms with Gasteiger partial charge in [-0.2, -0.15) is 0 Å². The normalized spacial score (nSPS) is 12.9. The Bertz CT molecular complexity index is 1180. The first kappa shape index (κ1) is 29.0. The molecule has 0 aliphatic rings. The number of alkyl carbamates (subject to hydrolysis) is 1. The molecule has 0 unspecified atom stereocenters. The van der Waals surface area contributed by atoms with Gasteiger partial charge in [0.1, 0.15) is 23.0 Å². The third kappa shape index (κ3) is 9.07. The molecule has 2 aromatic rings. The number of amides is 1. The molecule has 0 heterocycles. The largest absolute Gasteiger partial charge is 0.497 e. The number of hydrogen-bond donors (Lipinski definition) is 2. The van der Waals surface area contributed by atoms with Gasteiger partial charge in [-0.05, 0) is 96.0 Å². The molecule has 0 aliphatic heterocycles. The van der Waals surface area contributed by atoms with Crippen molar-refractivity contribution < 1.29 is 32.2 Å². The van der Waals surface area contributed by atoms with E-state index in [2.05, 4.69) is 10.0 Å². The standard InChI is InChI=1S/C26H36N2O7S/c1-17-9-10-19(28-36(31,32)21-13-11-20(33-8)12-14-21)15-18(17)16-22(23(29)34-25(2,3)4)27-24(30)35-26(5,6)7/h9-15,22,28H,16H2,1-8H3,(H,27,30)/t22-/m0/s1. The summed E-state index contributed by atoms with van der Waals surface area (Å²) in [5, 5.41) is 2.59. The summed E-state index contributed by atoms with van der Waals surface area (Å²) in [6.07, 6.45) is -0.690. The molecule has 0 saturated carbocycles. The Labute approximate surface area is 213 Å². The van der Waals surface area contributed by atoms with Crippen LogP contribution in [0.1, 0.15) is 52.7 Å². The van der Waals surface area contributed by atoms with Crippen molar-refractivity contribution in [3.63, 3.8) is 0 Å². The van der Waals surface area contributed by atoms with E-state index in [9.17, 15) is 18.0 Å². The highest BCUT2D eigenvalue weighted by Gasteiger charge is 2.29. The van der Waals surface area contributed by atoms with E-state index in [1.54, 1.807) is 71.9 Å². The third-order valence-corrected chi connectivity index (χ3v) is 6.17. The van der Waals surface area contributed by atoms with Gasteiger partial charge in [0.25, 0.3) is 10.0 Å². The van der Waals surface area contributed by atoms with E-state index in [1.165, 1.54) is 19.2 Å². The Morgan fingerprint density at radius 2 is 1.50 bits per heavy atom. The lowest BCUT2D eigenvalue weighted by Gasteiger charge is -2.26. The van der Waals surface area contributed by atoms with Crippen LogP contribution < -0.4 is 14.8 Å². The molecule has 1 atom stereocenters. The molecule has 198 valence electrons. The first-order valence-electron chi connectivity index (χ1n) is 11.5. The van der Waals surface area contributed by atoms with Crippen molar-refractivity contribution in [3.05, 3.63) is 53.6 Å². The Kier molecular flexibility index (Phi) is 9.01. The first-order valence-corrected chi connectivity index (χ1v) is 13.0. The van der Waals surface area contributed by atoms with Crippen LogP contribution in [0.4, 0.5) is 10.5 Å². The first-order chi connectivity index (χ1) is 16.5. The smallest absolute Gasteiger partial charge is 0.408 e. The molecule has 36 heavy (non-hydrogen) atoms. The van der Waals surface area contributed by atoms with Gasteiger partial charge in [0.05, 0.1) is 12.0 Å². The van der Waals surface area contributed by atoms with Crippen molar-refractivity contribution in [3.8, 4) is 5.75 Å². The third-order valence-electron chi connectivity index (χ3n) is 4.78. The van der Waals surface area contributed by atoms with Crippen LogP contribution in [0.3, 0.4) is 0 Å². The van der Waals surface area contributed by atoms with Crippen LogP contribution in [0.2, 0.25) is 0 Å². The Hall–Kier alpha value is -3.27. The van der Waals surface area contributed by atoms with Gasteiger partial charge in [0.15, 0.2) is 0 Å². The van der Waals surface area contributed by atoms with E-state index in [0.29, 0.717) is 17.0 Å². The average molecular weight is 521 g/mol. The number of rotatable bonds is 8. The van der Waals surface area contributed by atoms with Gasteiger partial charge < -0.3 is 19.5 Å². The number of carbonyl (C=O) groups is 2. The molecule has 2 N–H and O–H groups in total. The summed E-state index contributed by atoms with van der Waals surface area (Å²) < 4.78 is 44.2. The van der Waals surface area contributed by atoms with Gasteiger partial charge in [-0.3, -0.25) is 4.72 Å². The predicted molar refractivity (Wildman–Crippen MR) is 138 cm³/mol.